The van der Waals surface area contributed by atoms with Crippen LogP contribution in [0.4, 0.5) is 5.69 Å². The Hall–Kier alpha value is -3.15. The predicted molar refractivity (Wildman–Crippen MR) is 98.9 cm³/mol. The molecule has 2 rings (SSSR count). The zero-order valence-electron chi connectivity index (χ0n) is 14.9. The highest BCUT2D eigenvalue weighted by molar-refractivity contribution is 5.93. The molecule has 2 aromatic carbocycles. The van der Waals surface area contributed by atoms with E-state index in [0.29, 0.717) is 17.8 Å². The highest BCUT2D eigenvalue weighted by Crippen LogP contribution is 2.10. The van der Waals surface area contributed by atoms with Gasteiger partial charge < -0.3 is 15.4 Å². The summed E-state index contributed by atoms with van der Waals surface area (Å²) in [6.45, 7) is 3.57. The van der Waals surface area contributed by atoms with Gasteiger partial charge in [0.15, 0.2) is 6.61 Å². The summed E-state index contributed by atoms with van der Waals surface area (Å²) in [6.07, 6.45) is 0.719. The van der Waals surface area contributed by atoms with Crippen LogP contribution in [0.15, 0.2) is 48.5 Å². The van der Waals surface area contributed by atoms with Crippen LogP contribution in [0, 0.1) is 6.92 Å². The maximum atomic E-state index is 11.9. The molecule has 0 heterocycles. The van der Waals surface area contributed by atoms with Crippen LogP contribution >= 0.6 is 0 Å². The summed E-state index contributed by atoms with van der Waals surface area (Å²) >= 11 is 0. The van der Waals surface area contributed by atoms with Crippen molar-refractivity contribution in [2.75, 3.05) is 18.5 Å². The number of hydrogen-bond donors (Lipinski definition) is 2. The van der Waals surface area contributed by atoms with E-state index in [4.69, 9.17) is 4.74 Å². The lowest BCUT2D eigenvalue weighted by Gasteiger charge is -2.08. The van der Waals surface area contributed by atoms with Crippen LogP contribution in [0.25, 0.3) is 0 Å². The summed E-state index contributed by atoms with van der Waals surface area (Å²) in [5.41, 5.74) is 3.25. The van der Waals surface area contributed by atoms with Gasteiger partial charge in [0, 0.05) is 19.2 Å². The first kappa shape index (κ1) is 19.2. The number of rotatable bonds is 7. The number of carbonyl (C=O) groups excluding carboxylic acids is 3. The van der Waals surface area contributed by atoms with E-state index in [1.54, 1.807) is 12.1 Å². The van der Waals surface area contributed by atoms with Gasteiger partial charge in [0.05, 0.1) is 5.56 Å². The first-order valence-electron chi connectivity index (χ1n) is 8.31. The second kappa shape index (κ2) is 9.36. The zero-order chi connectivity index (χ0) is 18.9. The highest BCUT2D eigenvalue weighted by Gasteiger charge is 2.10. The van der Waals surface area contributed by atoms with Crippen molar-refractivity contribution in [1.82, 2.24) is 5.32 Å². The van der Waals surface area contributed by atoms with Crippen molar-refractivity contribution in [1.29, 1.82) is 0 Å². The zero-order valence-corrected chi connectivity index (χ0v) is 14.9. The standard InChI is InChI=1S/C20H22N2O4/c1-14-5-3-4-6-16(14)11-12-21-19(24)13-26-20(25)17-7-9-18(10-8-17)22-15(2)23/h3-10H,11-13H2,1-2H3,(H,21,24)(H,22,23). The lowest BCUT2D eigenvalue weighted by atomic mass is 10.1. The lowest BCUT2D eigenvalue weighted by molar-refractivity contribution is -0.124. The Morgan fingerprint density at radius 1 is 1.00 bits per heavy atom. The fourth-order valence-corrected chi connectivity index (χ4v) is 2.39. The molecule has 6 nitrogen and oxygen atoms in total. The number of ether oxygens (including phenoxy) is 1. The van der Waals surface area contributed by atoms with E-state index in [1.165, 1.54) is 30.2 Å². The molecular formula is C20H22N2O4. The number of hydrogen-bond acceptors (Lipinski definition) is 4. The molecule has 6 heteroatoms. The van der Waals surface area contributed by atoms with E-state index in [2.05, 4.69) is 10.6 Å². The molecule has 0 aromatic heterocycles. The Kier molecular flexibility index (Phi) is 6.91. The number of carbonyl (C=O) groups is 3. The molecule has 0 aliphatic heterocycles. The first-order chi connectivity index (χ1) is 12.5. The van der Waals surface area contributed by atoms with Crippen molar-refractivity contribution in [3.05, 3.63) is 65.2 Å². The number of esters is 1. The van der Waals surface area contributed by atoms with E-state index in [-0.39, 0.29) is 18.4 Å². The van der Waals surface area contributed by atoms with Gasteiger partial charge in [0.25, 0.3) is 5.91 Å². The summed E-state index contributed by atoms with van der Waals surface area (Å²) in [5.74, 6) is -1.13. The molecule has 0 radical (unpaired) electrons. The van der Waals surface area contributed by atoms with E-state index < -0.39 is 5.97 Å². The van der Waals surface area contributed by atoms with Crippen molar-refractivity contribution >= 4 is 23.5 Å². The van der Waals surface area contributed by atoms with Crippen LogP contribution < -0.4 is 10.6 Å². The molecule has 26 heavy (non-hydrogen) atoms. The van der Waals surface area contributed by atoms with Gasteiger partial charge >= 0.3 is 5.97 Å². The number of anilines is 1. The third-order valence-electron chi connectivity index (χ3n) is 3.75. The van der Waals surface area contributed by atoms with E-state index in [9.17, 15) is 14.4 Å². The second-order valence-corrected chi connectivity index (χ2v) is 5.86. The Balaban J connectivity index is 1.73. The molecule has 0 aliphatic carbocycles. The molecular weight excluding hydrogens is 332 g/mol. The van der Waals surface area contributed by atoms with Gasteiger partial charge in [-0.25, -0.2) is 4.79 Å². The summed E-state index contributed by atoms with van der Waals surface area (Å²) in [4.78, 5) is 34.7. The van der Waals surface area contributed by atoms with Gasteiger partial charge in [-0.1, -0.05) is 24.3 Å². The Labute approximate surface area is 152 Å². The smallest absolute Gasteiger partial charge is 0.338 e. The SMILES string of the molecule is CC(=O)Nc1ccc(C(=O)OCC(=O)NCCc2ccccc2C)cc1. The fourth-order valence-electron chi connectivity index (χ4n) is 2.39. The van der Waals surface area contributed by atoms with E-state index >= 15 is 0 Å². The van der Waals surface area contributed by atoms with Crippen molar-refractivity contribution in [3.8, 4) is 0 Å². The van der Waals surface area contributed by atoms with Crippen LogP contribution in [-0.2, 0) is 20.7 Å². The van der Waals surface area contributed by atoms with Gasteiger partial charge in [-0.05, 0) is 48.7 Å². The molecule has 2 amide bonds. The van der Waals surface area contributed by atoms with Gasteiger partial charge in [-0.2, -0.15) is 0 Å². The monoisotopic (exact) mass is 354 g/mol. The van der Waals surface area contributed by atoms with Crippen LogP contribution in [0.1, 0.15) is 28.4 Å². The minimum Gasteiger partial charge on any atom is -0.452 e. The normalized spacial score (nSPS) is 10.1. The summed E-state index contributed by atoms with van der Waals surface area (Å²) in [5, 5.41) is 5.34. The van der Waals surface area contributed by atoms with Crippen LogP contribution in [0.3, 0.4) is 0 Å². The summed E-state index contributed by atoms with van der Waals surface area (Å²) in [6, 6.07) is 14.2. The first-order valence-corrected chi connectivity index (χ1v) is 8.31. The van der Waals surface area contributed by atoms with Crippen LogP contribution in [-0.4, -0.2) is 30.9 Å². The molecule has 0 bridgehead atoms. The molecule has 0 atom stereocenters. The maximum absolute atomic E-state index is 11.9. The van der Waals surface area contributed by atoms with E-state index in [1.807, 2.05) is 31.2 Å². The molecule has 0 aliphatic rings. The third kappa shape index (κ3) is 6.05. The van der Waals surface area contributed by atoms with Gasteiger partial charge in [-0.15, -0.1) is 0 Å². The molecule has 0 saturated heterocycles. The van der Waals surface area contributed by atoms with Crippen LogP contribution in [0.5, 0.6) is 0 Å². The van der Waals surface area contributed by atoms with E-state index in [0.717, 1.165) is 6.42 Å². The average molecular weight is 354 g/mol. The van der Waals surface area contributed by atoms with Gasteiger partial charge in [0.1, 0.15) is 0 Å². The molecule has 2 aromatic rings. The predicted octanol–water partition coefficient (Wildman–Crippen LogP) is 2.47. The second-order valence-electron chi connectivity index (χ2n) is 5.86. The number of aryl methyl sites for hydroxylation is 1. The number of nitrogens with one attached hydrogen (secondary N) is 2. The van der Waals surface area contributed by atoms with Crippen LogP contribution in [0.2, 0.25) is 0 Å². The number of benzene rings is 2. The van der Waals surface area contributed by atoms with Gasteiger partial charge in [0.2, 0.25) is 5.91 Å². The van der Waals surface area contributed by atoms with Gasteiger partial charge in [-0.3, -0.25) is 9.59 Å². The quantitative estimate of drug-likeness (QED) is 0.748. The molecule has 0 unspecified atom stereocenters. The Morgan fingerprint density at radius 2 is 1.69 bits per heavy atom. The average Bonchev–Trinajstić information content (AvgIpc) is 2.61. The topological polar surface area (TPSA) is 84.5 Å². The minimum absolute atomic E-state index is 0.192. The molecule has 0 saturated carbocycles. The lowest BCUT2D eigenvalue weighted by Crippen LogP contribution is -2.30. The molecule has 136 valence electrons. The summed E-state index contributed by atoms with van der Waals surface area (Å²) < 4.78 is 5.00. The Morgan fingerprint density at radius 3 is 2.35 bits per heavy atom. The molecule has 0 spiro atoms. The molecule has 0 fully saturated rings. The number of amides is 2. The molecule has 2 N–H and O–H groups in total. The third-order valence-corrected chi connectivity index (χ3v) is 3.75. The Bertz CT molecular complexity index is 785. The summed E-state index contributed by atoms with van der Waals surface area (Å²) in [7, 11) is 0. The highest BCUT2D eigenvalue weighted by atomic mass is 16.5. The van der Waals surface area contributed by atoms with Crippen molar-refractivity contribution < 1.29 is 19.1 Å². The minimum atomic E-state index is -0.589. The maximum Gasteiger partial charge on any atom is 0.338 e. The van der Waals surface area contributed by atoms with Crippen molar-refractivity contribution in [3.63, 3.8) is 0 Å². The van der Waals surface area contributed by atoms with Crippen molar-refractivity contribution in [2.45, 2.75) is 20.3 Å². The van der Waals surface area contributed by atoms with Crippen molar-refractivity contribution in [2.24, 2.45) is 0 Å². The largest absolute Gasteiger partial charge is 0.452 e. The fraction of sp³-hybridized carbons (Fsp3) is 0.250.